The molecule has 0 aliphatic heterocycles. The lowest BCUT2D eigenvalue weighted by Crippen LogP contribution is -2.39. The summed E-state index contributed by atoms with van der Waals surface area (Å²) < 4.78 is 9.56. The number of hydrogen-bond donors (Lipinski definition) is 2. The first-order chi connectivity index (χ1) is 13.5. The fourth-order valence-electron chi connectivity index (χ4n) is 1.85. The molecule has 0 unspecified atom stereocenters. The van der Waals surface area contributed by atoms with E-state index in [9.17, 15) is 9.59 Å². The van der Waals surface area contributed by atoms with Crippen LogP contribution in [-0.2, 0) is 22.7 Å². The quantitative estimate of drug-likeness (QED) is 0.516. The molecule has 0 fully saturated rings. The maximum atomic E-state index is 11.3. The molecule has 2 rings (SSSR count). The molecular formula is C20H23ClN2O4S. The summed E-state index contributed by atoms with van der Waals surface area (Å²) in [5, 5.41) is 5.62. The molecular weight excluding hydrogens is 400 g/mol. The molecule has 2 aromatic rings. The minimum absolute atomic E-state index is 0.239. The van der Waals surface area contributed by atoms with E-state index in [-0.39, 0.29) is 13.2 Å². The van der Waals surface area contributed by atoms with Crippen LogP contribution in [0.15, 0.2) is 60.7 Å². The molecule has 0 aliphatic carbocycles. The monoisotopic (exact) mass is 422 g/mol. The number of alkyl carbamates (subject to hydrolysis) is 1. The van der Waals surface area contributed by atoms with Gasteiger partial charge in [0.05, 0.1) is 0 Å². The molecule has 0 aliphatic rings. The van der Waals surface area contributed by atoms with E-state index in [0.717, 1.165) is 24.1 Å². The molecule has 0 saturated heterocycles. The highest BCUT2D eigenvalue weighted by Gasteiger charge is 2.04. The number of rotatable bonds is 6. The zero-order chi connectivity index (χ0) is 20.6. The third-order valence-electron chi connectivity index (χ3n) is 3.16. The van der Waals surface area contributed by atoms with Crippen molar-refractivity contribution in [1.29, 1.82) is 0 Å². The predicted octanol–water partition coefficient (Wildman–Crippen LogP) is 4.76. The van der Waals surface area contributed by atoms with E-state index < -0.39 is 11.5 Å². The highest BCUT2D eigenvalue weighted by Crippen LogP contribution is 2.02. The minimum atomic E-state index is -0.770. The molecule has 2 N–H and O–H groups in total. The zero-order valence-electron chi connectivity index (χ0n) is 15.5. The smallest absolute Gasteiger partial charge is 0.413 e. The van der Waals surface area contributed by atoms with E-state index in [2.05, 4.69) is 15.4 Å². The van der Waals surface area contributed by atoms with E-state index in [0.29, 0.717) is 5.11 Å². The van der Waals surface area contributed by atoms with Crippen molar-refractivity contribution in [2.75, 3.05) is 6.54 Å². The van der Waals surface area contributed by atoms with Crippen LogP contribution in [0.3, 0.4) is 0 Å². The van der Waals surface area contributed by atoms with Gasteiger partial charge in [-0.25, -0.2) is 9.59 Å². The Kier molecular flexibility index (Phi) is 12.1. The standard InChI is InChI=1S/C12H16N2O2S.C8H7ClO2/c1-2-8-13-11(17)14-12(15)16-9-10-6-4-3-5-7-10;9-8(10)11-6-7-4-2-1-3-5-7/h3-7H,2,8-9H2,1H3,(H2,13,14,15,17);1-5H,6H2. The summed E-state index contributed by atoms with van der Waals surface area (Å²) in [6.07, 6.45) is 0.406. The van der Waals surface area contributed by atoms with Crippen LogP contribution in [0.4, 0.5) is 9.59 Å². The number of carbonyl (C=O) groups is 2. The van der Waals surface area contributed by atoms with Gasteiger partial charge in [-0.1, -0.05) is 67.6 Å². The lowest BCUT2D eigenvalue weighted by atomic mass is 10.2. The van der Waals surface area contributed by atoms with Gasteiger partial charge in [0.2, 0.25) is 0 Å². The summed E-state index contributed by atoms with van der Waals surface area (Å²) in [4.78, 5) is 21.5. The molecule has 0 radical (unpaired) electrons. The number of benzene rings is 2. The van der Waals surface area contributed by atoms with Crippen molar-refractivity contribution < 1.29 is 19.1 Å². The third-order valence-corrected chi connectivity index (χ3v) is 3.51. The Labute approximate surface area is 175 Å². The van der Waals surface area contributed by atoms with Crippen LogP contribution in [0, 0.1) is 0 Å². The van der Waals surface area contributed by atoms with Gasteiger partial charge in [0.1, 0.15) is 13.2 Å². The third kappa shape index (κ3) is 11.9. The highest BCUT2D eigenvalue weighted by atomic mass is 35.5. The summed E-state index contributed by atoms with van der Waals surface area (Å²) >= 11 is 9.87. The summed E-state index contributed by atoms with van der Waals surface area (Å²) in [5.74, 6) is 0. The molecule has 2 aromatic carbocycles. The molecule has 0 heterocycles. The SMILES string of the molecule is CCCNC(=S)NC(=O)OCc1ccccc1.O=C(Cl)OCc1ccccc1. The van der Waals surface area contributed by atoms with Gasteiger partial charge in [0.25, 0.3) is 0 Å². The lowest BCUT2D eigenvalue weighted by molar-refractivity contribution is 0.145. The minimum Gasteiger partial charge on any atom is -0.449 e. The molecule has 0 atom stereocenters. The van der Waals surface area contributed by atoms with Crippen molar-refractivity contribution in [1.82, 2.24) is 10.6 Å². The van der Waals surface area contributed by atoms with Crippen LogP contribution in [0.2, 0.25) is 0 Å². The van der Waals surface area contributed by atoms with Gasteiger partial charge in [-0.15, -0.1) is 0 Å². The van der Waals surface area contributed by atoms with Gasteiger partial charge in [-0.2, -0.15) is 0 Å². The van der Waals surface area contributed by atoms with Crippen LogP contribution in [-0.4, -0.2) is 23.2 Å². The molecule has 150 valence electrons. The van der Waals surface area contributed by atoms with E-state index >= 15 is 0 Å². The molecule has 28 heavy (non-hydrogen) atoms. The van der Waals surface area contributed by atoms with Gasteiger partial charge in [0, 0.05) is 18.1 Å². The summed E-state index contributed by atoms with van der Waals surface area (Å²) in [6.45, 7) is 3.23. The normalized spacial score (nSPS) is 9.36. The second-order valence-corrected chi connectivity index (χ2v) is 6.17. The van der Waals surface area contributed by atoms with Crippen LogP contribution in [0.25, 0.3) is 0 Å². The van der Waals surface area contributed by atoms with Gasteiger partial charge in [-0.3, -0.25) is 5.32 Å². The average Bonchev–Trinajstić information content (AvgIpc) is 2.71. The fraction of sp³-hybridized carbons (Fsp3) is 0.250. The molecule has 0 aromatic heterocycles. The molecule has 8 heteroatoms. The Hall–Kier alpha value is -2.64. The molecule has 0 spiro atoms. The van der Waals surface area contributed by atoms with E-state index in [1.165, 1.54) is 0 Å². The first kappa shape index (κ1) is 23.4. The zero-order valence-corrected chi connectivity index (χ0v) is 17.1. The van der Waals surface area contributed by atoms with Crippen molar-refractivity contribution in [3.63, 3.8) is 0 Å². The van der Waals surface area contributed by atoms with Crippen molar-refractivity contribution in [2.24, 2.45) is 0 Å². The van der Waals surface area contributed by atoms with Gasteiger partial charge < -0.3 is 14.8 Å². The Morgan fingerprint density at radius 3 is 1.89 bits per heavy atom. The summed E-state index contributed by atoms with van der Waals surface area (Å²) in [5.41, 5.74) is 1.10. The largest absolute Gasteiger partial charge is 0.449 e. The Balaban J connectivity index is 0.000000307. The maximum Gasteiger partial charge on any atom is 0.413 e. The van der Waals surface area contributed by atoms with Gasteiger partial charge >= 0.3 is 11.5 Å². The number of halogens is 1. The Bertz CT molecular complexity index is 730. The highest BCUT2D eigenvalue weighted by molar-refractivity contribution is 7.80. The molecule has 0 bridgehead atoms. The van der Waals surface area contributed by atoms with Crippen LogP contribution in [0.1, 0.15) is 24.5 Å². The topological polar surface area (TPSA) is 76.7 Å². The van der Waals surface area contributed by atoms with E-state index in [4.69, 9.17) is 28.6 Å². The number of amides is 1. The van der Waals surface area contributed by atoms with Gasteiger partial charge in [-0.05, 0) is 29.8 Å². The number of thiocarbonyl (C=S) groups is 1. The van der Waals surface area contributed by atoms with Crippen molar-refractivity contribution in [3.05, 3.63) is 71.8 Å². The van der Waals surface area contributed by atoms with Gasteiger partial charge in [0.15, 0.2) is 5.11 Å². The first-order valence-electron chi connectivity index (χ1n) is 8.63. The van der Waals surface area contributed by atoms with E-state index in [1.54, 1.807) is 0 Å². The second kappa shape index (κ2) is 14.4. The average molecular weight is 423 g/mol. The van der Waals surface area contributed by atoms with Crippen LogP contribution < -0.4 is 10.6 Å². The lowest BCUT2D eigenvalue weighted by Gasteiger charge is -2.09. The molecule has 1 amide bonds. The number of carbonyl (C=O) groups excluding carboxylic acids is 2. The number of ether oxygens (including phenoxy) is 2. The maximum absolute atomic E-state index is 11.3. The predicted molar refractivity (Wildman–Crippen MR) is 113 cm³/mol. The van der Waals surface area contributed by atoms with Crippen molar-refractivity contribution >= 4 is 40.5 Å². The number of hydrogen-bond acceptors (Lipinski definition) is 5. The molecule has 0 saturated carbocycles. The number of nitrogens with one attached hydrogen (secondary N) is 2. The van der Waals surface area contributed by atoms with Crippen LogP contribution in [0.5, 0.6) is 0 Å². The Morgan fingerprint density at radius 1 is 0.929 bits per heavy atom. The summed E-state index contributed by atoms with van der Waals surface area (Å²) in [6, 6.07) is 18.8. The first-order valence-corrected chi connectivity index (χ1v) is 9.41. The summed E-state index contributed by atoms with van der Waals surface area (Å²) in [7, 11) is 0. The second-order valence-electron chi connectivity index (χ2n) is 5.45. The molecule has 6 nitrogen and oxygen atoms in total. The van der Waals surface area contributed by atoms with Crippen LogP contribution >= 0.6 is 23.8 Å². The van der Waals surface area contributed by atoms with Crippen molar-refractivity contribution in [3.8, 4) is 0 Å². The fourth-order valence-corrected chi connectivity index (χ4v) is 2.09. The van der Waals surface area contributed by atoms with E-state index in [1.807, 2.05) is 67.6 Å². The van der Waals surface area contributed by atoms with Crippen molar-refractivity contribution in [2.45, 2.75) is 26.6 Å². The Morgan fingerprint density at radius 2 is 1.43 bits per heavy atom.